The van der Waals surface area contributed by atoms with Gasteiger partial charge < -0.3 is 24.5 Å². The van der Waals surface area contributed by atoms with E-state index in [1.54, 1.807) is 29.4 Å². The zero-order valence-corrected chi connectivity index (χ0v) is 15.5. The molecule has 0 spiro atoms. The number of carbonyl (C=O) groups is 3. The van der Waals surface area contributed by atoms with Crippen LogP contribution in [-0.4, -0.2) is 48.0 Å². The van der Waals surface area contributed by atoms with Gasteiger partial charge in [-0.2, -0.15) is 0 Å². The van der Waals surface area contributed by atoms with Gasteiger partial charge in [-0.1, -0.05) is 6.07 Å². The van der Waals surface area contributed by atoms with Gasteiger partial charge in [-0.3, -0.25) is 9.59 Å². The van der Waals surface area contributed by atoms with Gasteiger partial charge in [0.15, 0.2) is 0 Å². The first kappa shape index (κ1) is 19.5. The molecule has 28 heavy (non-hydrogen) atoms. The predicted octanol–water partition coefficient (Wildman–Crippen LogP) is 1.69. The second-order valence-corrected chi connectivity index (χ2v) is 6.63. The van der Waals surface area contributed by atoms with Crippen LogP contribution in [0.2, 0.25) is 0 Å². The van der Waals surface area contributed by atoms with Gasteiger partial charge in [-0.15, -0.1) is 0 Å². The Morgan fingerprint density at radius 1 is 1.36 bits per heavy atom. The Balaban J connectivity index is 1.51. The molecule has 1 aromatic heterocycles. The molecule has 148 valence electrons. The number of carboxylic acid groups (broad SMARTS) is 1. The molecular weight excluding hydrogens is 364 g/mol. The van der Waals surface area contributed by atoms with E-state index in [2.05, 4.69) is 5.32 Å². The van der Waals surface area contributed by atoms with Crippen LogP contribution in [0.5, 0.6) is 5.75 Å². The minimum absolute atomic E-state index is 0.0671. The van der Waals surface area contributed by atoms with Crippen LogP contribution in [0, 0.1) is 5.92 Å². The molecule has 1 aromatic carbocycles. The highest BCUT2D eigenvalue weighted by molar-refractivity contribution is 5.89. The second kappa shape index (κ2) is 8.60. The van der Waals surface area contributed by atoms with Crippen molar-refractivity contribution < 1.29 is 28.6 Å². The summed E-state index contributed by atoms with van der Waals surface area (Å²) in [4.78, 5) is 37.2. The van der Waals surface area contributed by atoms with Crippen molar-refractivity contribution in [2.45, 2.75) is 19.4 Å². The number of carbonyl (C=O) groups excluding carboxylic acids is 2. The monoisotopic (exact) mass is 386 g/mol. The van der Waals surface area contributed by atoms with E-state index in [4.69, 9.17) is 14.3 Å². The lowest BCUT2D eigenvalue weighted by atomic mass is 10.1. The van der Waals surface area contributed by atoms with Crippen LogP contribution in [0.1, 0.15) is 28.1 Å². The van der Waals surface area contributed by atoms with E-state index in [1.807, 2.05) is 0 Å². The average molecular weight is 386 g/mol. The molecule has 2 heterocycles. The molecule has 0 radical (unpaired) electrons. The molecule has 0 bridgehead atoms. The van der Waals surface area contributed by atoms with Crippen molar-refractivity contribution in [1.82, 2.24) is 10.2 Å². The lowest BCUT2D eigenvalue weighted by Crippen LogP contribution is -2.34. The van der Waals surface area contributed by atoms with Gasteiger partial charge in [0.2, 0.25) is 11.8 Å². The minimum Gasteiger partial charge on any atom is -0.496 e. The van der Waals surface area contributed by atoms with Gasteiger partial charge in [-0.25, -0.2) is 4.79 Å². The zero-order valence-electron chi connectivity index (χ0n) is 15.5. The summed E-state index contributed by atoms with van der Waals surface area (Å²) >= 11 is 0. The largest absolute Gasteiger partial charge is 0.496 e. The Kier molecular flexibility index (Phi) is 5.98. The first-order valence-electron chi connectivity index (χ1n) is 8.96. The molecular formula is C20H22N2O6. The number of benzene rings is 1. The number of nitrogens with one attached hydrogen (secondary N) is 1. The van der Waals surface area contributed by atoms with Crippen molar-refractivity contribution in [3.05, 3.63) is 53.5 Å². The van der Waals surface area contributed by atoms with Crippen LogP contribution in [0.3, 0.4) is 0 Å². The molecule has 1 unspecified atom stereocenters. The summed E-state index contributed by atoms with van der Waals surface area (Å²) in [5, 5.41) is 11.9. The molecule has 2 amide bonds. The molecule has 1 aliphatic heterocycles. The molecule has 2 aromatic rings. The Morgan fingerprint density at radius 3 is 2.86 bits per heavy atom. The number of likely N-dealkylation sites (tertiary alicyclic amines) is 1. The molecule has 1 saturated heterocycles. The third-order valence-electron chi connectivity index (χ3n) is 4.74. The number of methoxy groups -OCH3 is 1. The topological polar surface area (TPSA) is 109 Å². The highest BCUT2D eigenvalue weighted by Crippen LogP contribution is 2.22. The number of carboxylic acids is 1. The maximum atomic E-state index is 12.4. The van der Waals surface area contributed by atoms with Crippen molar-refractivity contribution >= 4 is 17.8 Å². The summed E-state index contributed by atoms with van der Waals surface area (Å²) in [6.07, 6.45) is 2.23. The van der Waals surface area contributed by atoms with Crippen LogP contribution in [0.15, 0.2) is 41.0 Å². The van der Waals surface area contributed by atoms with Gasteiger partial charge in [0, 0.05) is 19.5 Å². The summed E-state index contributed by atoms with van der Waals surface area (Å²) in [7, 11) is 1.47. The summed E-state index contributed by atoms with van der Waals surface area (Å²) in [5.74, 6) is -0.498. The number of amides is 2. The van der Waals surface area contributed by atoms with E-state index in [0.717, 1.165) is 5.56 Å². The minimum atomic E-state index is -1.02. The van der Waals surface area contributed by atoms with Gasteiger partial charge in [0.05, 0.1) is 31.4 Å². The second-order valence-electron chi connectivity index (χ2n) is 6.63. The van der Waals surface area contributed by atoms with Gasteiger partial charge in [0.25, 0.3) is 0 Å². The number of rotatable bonds is 8. The molecule has 8 heteroatoms. The zero-order chi connectivity index (χ0) is 20.1. The van der Waals surface area contributed by atoms with Crippen molar-refractivity contribution in [3.63, 3.8) is 0 Å². The maximum Gasteiger partial charge on any atom is 0.335 e. The fourth-order valence-electron chi connectivity index (χ4n) is 3.24. The molecule has 0 aliphatic carbocycles. The highest BCUT2D eigenvalue weighted by atomic mass is 16.5. The summed E-state index contributed by atoms with van der Waals surface area (Å²) < 4.78 is 10.5. The Hall–Kier alpha value is -3.29. The maximum absolute atomic E-state index is 12.4. The van der Waals surface area contributed by atoms with E-state index < -0.39 is 11.9 Å². The normalized spacial score (nSPS) is 16.2. The van der Waals surface area contributed by atoms with Crippen LogP contribution >= 0.6 is 0 Å². The Bertz CT molecular complexity index is 862. The lowest BCUT2D eigenvalue weighted by molar-refractivity contribution is -0.129. The SMILES string of the molecule is COc1cc(C(=O)O)ccc1CCNC(=O)C1CC(=O)N(Cc2ccco2)C1. The molecule has 3 rings (SSSR count). The van der Waals surface area contributed by atoms with E-state index in [-0.39, 0.29) is 23.8 Å². The smallest absolute Gasteiger partial charge is 0.335 e. The quantitative estimate of drug-likeness (QED) is 0.715. The molecule has 1 atom stereocenters. The average Bonchev–Trinajstić information content (AvgIpc) is 3.32. The number of furan rings is 1. The predicted molar refractivity (Wildman–Crippen MR) is 98.9 cm³/mol. The van der Waals surface area contributed by atoms with Gasteiger partial charge in [0.1, 0.15) is 11.5 Å². The molecule has 0 saturated carbocycles. The number of aromatic carboxylic acids is 1. The third kappa shape index (κ3) is 4.51. The van der Waals surface area contributed by atoms with Gasteiger partial charge >= 0.3 is 5.97 Å². The van der Waals surface area contributed by atoms with Crippen LogP contribution in [-0.2, 0) is 22.6 Å². The van der Waals surface area contributed by atoms with Crippen LogP contribution < -0.4 is 10.1 Å². The van der Waals surface area contributed by atoms with Crippen LogP contribution in [0.25, 0.3) is 0 Å². The van der Waals surface area contributed by atoms with Crippen LogP contribution in [0.4, 0.5) is 0 Å². The fraction of sp³-hybridized carbons (Fsp3) is 0.350. The Labute approximate surface area is 162 Å². The molecule has 2 N–H and O–H groups in total. The first-order chi connectivity index (χ1) is 13.5. The number of hydrogen-bond donors (Lipinski definition) is 2. The number of ether oxygens (including phenoxy) is 1. The summed E-state index contributed by atoms with van der Waals surface area (Å²) in [6.45, 7) is 1.09. The highest BCUT2D eigenvalue weighted by Gasteiger charge is 2.34. The number of nitrogens with zero attached hydrogens (tertiary/aromatic N) is 1. The van der Waals surface area contributed by atoms with Crippen molar-refractivity contribution in [3.8, 4) is 5.75 Å². The van der Waals surface area contributed by atoms with E-state index in [9.17, 15) is 14.4 Å². The van der Waals surface area contributed by atoms with Gasteiger partial charge in [-0.05, 0) is 36.2 Å². The molecule has 8 nitrogen and oxygen atoms in total. The third-order valence-corrected chi connectivity index (χ3v) is 4.74. The Morgan fingerprint density at radius 2 is 2.18 bits per heavy atom. The van der Waals surface area contributed by atoms with Crippen molar-refractivity contribution in [1.29, 1.82) is 0 Å². The molecule has 1 aliphatic rings. The fourth-order valence-corrected chi connectivity index (χ4v) is 3.24. The van der Waals surface area contributed by atoms with Crippen molar-refractivity contribution in [2.75, 3.05) is 20.2 Å². The van der Waals surface area contributed by atoms with E-state index in [1.165, 1.54) is 19.2 Å². The summed E-state index contributed by atoms with van der Waals surface area (Å²) in [5.41, 5.74) is 0.945. The summed E-state index contributed by atoms with van der Waals surface area (Å²) in [6, 6.07) is 8.20. The molecule has 1 fully saturated rings. The first-order valence-corrected chi connectivity index (χ1v) is 8.96. The lowest BCUT2D eigenvalue weighted by Gasteiger charge is -2.15. The van der Waals surface area contributed by atoms with E-state index in [0.29, 0.717) is 37.6 Å². The number of hydrogen-bond acceptors (Lipinski definition) is 5. The van der Waals surface area contributed by atoms with Crippen molar-refractivity contribution in [2.24, 2.45) is 5.92 Å². The standard InChI is InChI=1S/C20H22N2O6/c1-27-17-9-14(20(25)26)5-4-13(17)6-7-21-19(24)15-10-18(23)22(11-15)12-16-3-2-8-28-16/h2-5,8-9,15H,6-7,10-12H2,1H3,(H,21,24)(H,25,26). The van der Waals surface area contributed by atoms with E-state index >= 15 is 0 Å².